The molecule has 5 aliphatic heterocycles. The third kappa shape index (κ3) is 9.49. The number of ketones is 1. The molecule has 3 fully saturated rings. The maximum absolute atomic E-state index is 15.4. The van der Waals surface area contributed by atoms with E-state index in [0.717, 1.165) is 97.8 Å². The number of carbonyl (C=O) groups excluding carboxylic acids is 3. The summed E-state index contributed by atoms with van der Waals surface area (Å²) in [5.74, 6) is -0.176. The van der Waals surface area contributed by atoms with Gasteiger partial charge in [-0.15, -0.1) is 0 Å². The van der Waals surface area contributed by atoms with Crippen molar-refractivity contribution in [3.05, 3.63) is 119 Å². The topological polar surface area (TPSA) is 167 Å². The zero-order valence-corrected chi connectivity index (χ0v) is 39.9. The summed E-state index contributed by atoms with van der Waals surface area (Å²) < 4.78 is 25.0. The molecule has 2 unspecified atom stereocenters. The number of pyridine rings is 2. The molecule has 2 aromatic carbocycles. The summed E-state index contributed by atoms with van der Waals surface area (Å²) in [6, 6.07) is 22.2. The van der Waals surface area contributed by atoms with Gasteiger partial charge in [0.2, 0.25) is 5.91 Å². The number of piperidine rings is 2. The summed E-state index contributed by atoms with van der Waals surface area (Å²) in [5.41, 5.74) is 11.6. The lowest BCUT2D eigenvalue weighted by molar-refractivity contribution is -0.123. The third-order valence-electron chi connectivity index (χ3n) is 15.1. The Balaban J connectivity index is 0.646. The zero-order chi connectivity index (χ0) is 47.9. The second-order valence-corrected chi connectivity index (χ2v) is 19.7. The van der Waals surface area contributed by atoms with Gasteiger partial charge in [0, 0.05) is 75.0 Å². The van der Waals surface area contributed by atoms with Crippen LogP contribution in [0.1, 0.15) is 89.1 Å². The van der Waals surface area contributed by atoms with Gasteiger partial charge in [-0.1, -0.05) is 18.2 Å². The van der Waals surface area contributed by atoms with Gasteiger partial charge in [0.25, 0.3) is 5.91 Å². The van der Waals surface area contributed by atoms with E-state index in [1.165, 1.54) is 22.9 Å². The van der Waals surface area contributed by atoms with E-state index in [0.29, 0.717) is 68.5 Å². The molecular formula is C53H61FN12O4. The smallest absolute Gasteiger partial charge is 0.254 e. The first-order valence-electron chi connectivity index (χ1n) is 24.8. The van der Waals surface area contributed by atoms with Crippen molar-refractivity contribution in [1.29, 1.82) is 0 Å². The quantitative estimate of drug-likeness (QED) is 0.106. The van der Waals surface area contributed by atoms with Gasteiger partial charge in [0.1, 0.15) is 23.7 Å². The fourth-order valence-corrected chi connectivity index (χ4v) is 11.2. The van der Waals surface area contributed by atoms with Gasteiger partial charge < -0.3 is 35.5 Å². The number of amides is 2. The summed E-state index contributed by atoms with van der Waals surface area (Å²) in [6.07, 6.45) is 7.88. The molecule has 17 heteroatoms. The first kappa shape index (κ1) is 45.7. The van der Waals surface area contributed by atoms with E-state index in [1.807, 2.05) is 27.9 Å². The molecule has 9 heterocycles. The van der Waals surface area contributed by atoms with Crippen molar-refractivity contribution in [3.8, 4) is 11.1 Å². The molecule has 0 saturated carbocycles. The lowest BCUT2D eigenvalue weighted by atomic mass is 9.89. The molecule has 364 valence electrons. The van der Waals surface area contributed by atoms with Crippen LogP contribution in [0.5, 0.6) is 0 Å². The minimum atomic E-state index is -0.601. The summed E-state index contributed by atoms with van der Waals surface area (Å²) in [6.45, 7) is 7.52. The Hall–Kier alpha value is -6.69. The normalized spacial score (nSPS) is 20.4. The van der Waals surface area contributed by atoms with E-state index in [2.05, 4.69) is 96.2 Å². The highest BCUT2D eigenvalue weighted by molar-refractivity contribution is 5.96. The SMILES string of the molecule is COCC1Nc2ccc(-c3ccnc4c3cc(CN3CCC(c5ccc(C(=O)N6CCn7nc(CN8CCC(c9ncc(NC%10CCC(=O)CNC%10=O)cc9F)CC8)cc7C6)cc5)CC3)n4C)cc2N1. The first-order chi connectivity index (χ1) is 34.1. The highest BCUT2D eigenvalue weighted by Gasteiger charge is 2.30. The Labute approximate surface area is 407 Å². The average Bonchev–Trinajstić information content (AvgIpc) is 4.05. The molecule has 16 nitrogen and oxygen atoms in total. The molecule has 3 saturated heterocycles. The van der Waals surface area contributed by atoms with E-state index in [1.54, 1.807) is 13.3 Å². The molecule has 5 aliphatic rings. The number of likely N-dealkylation sites (tertiary alicyclic amines) is 2. The Kier molecular flexibility index (Phi) is 12.8. The average molecular weight is 949 g/mol. The highest BCUT2D eigenvalue weighted by atomic mass is 19.1. The number of ether oxygens (including phenoxy) is 1. The zero-order valence-electron chi connectivity index (χ0n) is 39.9. The van der Waals surface area contributed by atoms with Gasteiger partial charge >= 0.3 is 0 Å². The van der Waals surface area contributed by atoms with Crippen molar-refractivity contribution in [2.45, 2.75) is 88.7 Å². The van der Waals surface area contributed by atoms with Crippen molar-refractivity contribution in [2.24, 2.45) is 7.05 Å². The Bertz CT molecular complexity index is 2920. The molecule has 2 amide bonds. The van der Waals surface area contributed by atoms with Crippen molar-refractivity contribution >= 4 is 45.7 Å². The monoisotopic (exact) mass is 948 g/mol. The molecule has 0 aliphatic carbocycles. The van der Waals surface area contributed by atoms with Crippen molar-refractivity contribution < 1.29 is 23.5 Å². The van der Waals surface area contributed by atoms with Crippen LogP contribution >= 0.6 is 0 Å². The van der Waals surface area contributed by atoms with Crippen LogP contribution in [-0.2, 0) is 47.6 Å². The number of rotatable bonds is 12. The molecule has 0 spiro atoms. The molecule has 2 atom stereocenters. The molecule has 4 N–H and O–H groups in total. The lowest BCUT2D eigenvalue weighted by Crippen LogP contribution is -2.38. The van der Waals surface area contributed by atoms with Crippen LogP contribution in [0.2, 0.25) is 0 Å². The fraction of sp³-hybridized carbons (Fsp3) is 0.434. The number of aryl methyl sites for hydroxylation is 1. The number of halogens is 1. The minimum absolute atomic E-state index is 0.00463. The summed E-state index contributed by atoms with van der Waals surface area (Å²) in [4.78, 5) is 54.1. The number of aromatic nitrogens is 5. The maximum Gasteiger partial charge on any atom is 0.254 e. The molecule has 11 rings (SSSR count). The summed E-state index contributed by atoms with van der Waals surface area (Å²) in [5, 5.41) is 18.7. The Morgan fingerprint density at radius 2 is 1.61 bits per heavy atom. The van der Waals surface area contributed by atoms with Gasteiger partial charge in [-0.2, -0.15) is 5.10 Å². The van der Waals surface area contributed by atoms with Gasteiger partial charge in [-0.25, -0.2) is 9.37 Å². The van der Waals surface area contributed by atoms with E-state index >= 15 is 4.39 Å². The van der Waals surface area contributed by atoms with Crippen molar-refractivity contribution in [2.75, 3.05) is 68.9 Å². The Morgan fingerprint density at radius 1 is 0.843 bits per heavy atom. The van der Waals surface area contributed by atoms with E-state index in [9.17, 15) is 14.4 Å². The number of nitrogens with one attached hydrogen (secondary N) is 4. The molecular weight excluding hydrogens is 888 g/mol. The fourth-order valence-electron chi connectivity index (χ4n) is 11.2. The minimum Gasteiger partial charge on any atom is -0.381 e. The van der Waals surface area contributed by atoms with Gasteiger partial charge in [0.05, 0.1) is 66.6 Å². The lowest BCUT2D eigenvalue weighted by Gasteiger charge is -2.32. The third-order valence-corrected chi connectivity index (χ3v) is 15.1. The predicted molar refractivity (Wildman–Crippen MR) is 266 cm³/mol. The van der Waals surface area contributed by atoms with Gasteiger partial charge in [0.15, 0.2) is 5.78 Å². The first-order valence-corrected chi connectivity index (χ1v) is 24.8. The van der Waals surface area contributed by atoms with E-state index < -0.39 is 6.04 Å². The number of nitrogens with zero attached hydrogens (tertiary/aromatic N) is 8. The molecule has 6 aromatic rings. The number of hydrogen-bond donors (Lipinski definition) is 4. The van der Waals surface area contributed by atoms with Gasteiger partial charge in [-0.3, -0.25) is 33.8 Å². The number of anilines is 3. The van der Waals surface area contributed by atoms with Crippen LogP contribution in [0.15, 0.2) is 79.1 Å². The largest absolute Gasteiger partial charge is 0.381 e. The maximum atomic E-state index is 15.4. The number of Topliss-reactive ketones (excluding diaryl/α,β-unsaturated/α-hetero) is 1. The Morgan fingerprint density at radius 3 is 2.40 bits per heavy atom. The molecule has 0 bridgehead atoms. The van der Waals surface area contributed by atoms with Crippen LogP contribution in [0, 0.1) is 5.82 Å². The second-order valence-electron chi connectivity index (χ2n) is 19.7. The standard InChI is InChI=1S/C53H61FN12O4/c1-62-40(26-44-43(11-16-55-51(44)62)37-7-9-46-48(23-37)60-49(59-46)32-70-2)30-64-17-12-34(13-18-64)33-3-5-36(6-4-33)53(69)65-21-22-66-41(31-65)24-39(61-66)29-63-19-14-35(15-20-63)50-45(54)25-38(27-56-50)58-47-10-8-42(67)28-57-52(47)68/h3-7,9,11,16,23-27,34-35,47,49,58-60H,8,10,12-15,17-22,28-32H2,1-2H3,(H,57,68). The number of fused-ring (bicyclic) bond motifs is 3. The van der Waals surface area contributed by atoms with Crippen LogP contribution in [-0.4, -0.2) is 122 Å². The number of hydrogen-bond acceptors (Lipinski definition) is 12. The van der Waals surface area contributed by atoms with Crippen LogP contribution in [0.25, 0.3) is 22.2 Å². The second kappa shape index (κ2) is 19.6. The number of methoxy groups -OCH3 is 1. The van der Waals surface area contributed by atoms with E-state index in [4.69, 9.17) is 14.8 Å². The molecule has 4 aromatic heterocycles. The van der Waals surface area contributed by atoms with E-state index in [-0.39, 0.29) is 42.0 Å². The van der Waals surface area contributed by atoms with Crippen molar-refractivity contribution in [1.82, 2.24) is 44.3 Å². The van der Waals surface area contributed by atoms with Gasteiger partial charge in [-0.05, 0) is 123 Å². The molecule has 70 heavy (non-hydrogen) atoms. The molecule has 0 radical (unpaired) electrons. The highest BCUT2D eigenvalue weighted by Crippen LogP contribution is 2.38. The van der Waals surface area contributed by atoms with Crippen LogP contribution in [0.3, 0.4) is 0 Å². The van der Waals surface area contributed by atoms with Crippen molar-refractivity contribution in [3.63, 3.8) is 0 Å². The predicted octanol–water partition coefficient (Wildman–Crippen LogP) is 6.46. The van der Waals surface area contributed by atoms with Crippen LogP contribution in [0.4, 0.5) is 21.5 Å². The summed E-state index contributed by atoms with van der Waals surface area (Å²) in [7, 11) is 3.84. The summed E-state index contributed by atoms with van der Waals surface area (Å²) >= 11 is 0. The number of carbonyl (C=O) groups is 3. The number of benzene rings is 2. The van der Waals surface area contributed by atoms with Crippen LogP contribution < -0.4 is 21.3 Å².